The Morgan fingerprint density at radius 1 is 0.360 bits per heavy atom. The molecule has 3 aliphatic carbocycles. The van der Waals surface area contributed by atoms with Crippen molar-refractivity contribution in [2.75, 3.05) is 38.9 Å². The van der Waals surface area contributed by atoms with Crippen molar-refractivity contribution in [3.05, 3.63) is 165 Å². The molecular formula is C54H49BrF15LiO4. The Labute approximate surface area is 444 Å². The van der Waals surface area contributed by atoms with Crippen LogP contribution in [0.3, 0.4) is 0 Å². The number of halogens is 16. The van der Waals surface area contributed by atoms with Gasteiger partial charge in [-0.2, -0.15) is 32.8 Å². The van der Waals surface area contributed by atoms with Crippen LogP contribution in [0.1, 0.15) is 87.8 Å². The first-order chi connectivity index (χ1) is 35.0. The van der Waals surface area contributed by atoms with Crippen LogP contribution in [0, 0.1) is 59.3 Å². The van der Waals surface area contributed by atoms with Gasteiger partial charge in [-0.3, -0.25) is 0 Å². The van der Waals surface area contributed by atoms with Gasteiger partial charge in [-0.25, -0.2) is 39.5 Å². The van der Waals surface area contributed by atoms with Crippen LogP contribution < -0.4 is 33.1 Å². The molecule has 21 heteroatoms. The van der Waals surface area contributed by atoms with E-state index in [4.69, 9.17) is 18.9 Å². The summed E-state index contributed by atoms with van der Waals surface area (Å²) in [6.07, 6.45) is 2.28. The molecule has 0 aliphatic heterocycles. The van der Waals surface area contributed by atoms with Crippen LogP contribution in [0.2, 0.25) is 0 Å². The Morgan fingerprint density at radius 3 is 0.733 bits per heavy atom. The second-order valence-corrected chi connectivity index (χ2v) is 15.4. The Balaban J connectivity index is 0.000000268. The molecular weight excluding hydrogens is 1080 g/mol. The van der Waals surface area contributed by atoms with E-state index in [0.717, 1.165) is 56.0 Å². The van der Waals surface area contributed by atoms with Crippen molar-refractivity contribution in [1.29, 1.82) is 0 Å². The minimum atomic E-state index is -3.95. The molecule has 0 fully saturated rings. The van der Waals surface area contributed by atoms with Gasteiger partial charge in [-0.05, 0) is 128 Å². The molecule has 0 saturated carbocycles. The van der Waals surface area contributed by atoms with E-state index in [1.807, 2.05) is 19.7 Å². The van der Waals surface area contributed by atoms with Gasteiger partial charge in [0.2, 0.25) is 0 Å². The molecule has 75 heavy (non-hydrogen) atoms. The average Bonchev–Trinajstić information content (AvgIpc) is 3.87. The van der Waals surface area contributed by atoms with Crippen LogP contribution in [0.15, 0.2) is 72.8 Å². The van der Waals surface area contributed by atoms with E-state index >= 15 is 0 Å². The SMILES string of the molecule is CBr.CCOCC.CCOc1ccc2c(c1F)C(F)(F)c1c-2ccc(F)c1F.CCOc1ccc2c(c1F)C(F)(F)c1c-2ccc(F)c1F.CCOc1ccc2c(c1F)C(F)(F)c1c-2ccc(F)c1F.[CH2-]CCC.[Li+]. The van der Waals surface area contributed by atoms with Crippen LogP contribution in [-0.2, 0) is 22.5 Å². The van der Waals surface area contributed by atoms with Crippen LogP contribution in [0.5, 0.6) is 17.2 Å². The third-order valence-corrected chi connectivity index (χ3v) is 11.0. The summed E-state index contributed by atoms with van der Waals surface area (Å²) in [6.45, 7) is 16.4. The maximum Gasteiger partial charge on any atom is 1.00 e. The van der Waals surface area contributed by atoms with E-state index in [1.54, 1.807) is 20.8 Å². The van der Waals surface area contributed by atoms with Gasteiger partial charge in [0.1, 0.15) is 0 Å². The molecule has 6 aromatic carbocycles. The van der Waals surface area contributed by atoms with Crippen LogP contribution in [-0.4, -0.2) is 38.9 Å². The summed E-state index contributed by atoms with van der Waals surface area (Å²) >= 11 is 2.94. The Bertz CT molecular complexity index is 2630. The van der Waals surface area contributed by atoms with E-state index in [2.05, 4.69) is 29.8 Å². The largest absolute Gasteiger partial charge is 1.00 e. The van der Waals surface area contributed by atoms with E-state index in [0.29, 0.717) is 0 Å². The number of benzene rings is 6. The van der Waals surface area contributed by atoms with Crippen molar-refractivity contribution in [1.82, 2.24) is 0 Å². The fourth-order valence-corrected chi connectivity index (χ4v) is 7.89. The van der Waals surface area contributed by atoms with E-state index in [1.165, 1.54) is 42.8 Å². The van der Waals surface area contributed by atoms with Gasteiger partial charge >= 0.3 is 36.6 Å². The van der Waals surface area contributed by atoms with Gasteiger partial charge in [0, 0.05) is 13.2 Å². The normalized spacial score (nSPS) is 13.4. The molecule has 9 rings (SSSR count). The standard InChI is InChI=1S/3C15H9F5O.C4H10O.C4H9.CH3Br.Li/c3*1-2-21-10-6-4-8-7-3-5-9(16)13(17)11(7)15(19,20)12(8)14(10)18;1-3-5-4-2;1-3-4-2;1-2;/h3*3-6H,2H2,1H3;3-4H2,1-2H3;1,3-4H2,2H3;1H3;/q;;;;-1;;+1. The van der Waals surface area contributed by atoms with Crippen molar-refractivity contribution in [3.63, 3.8) is 0 Å². The molecule has 0 bridgehead atoms. The van der Waals surface area contributed by atoms with Crippen molar-refractivity contribution in [2.24, 2.45) is 0 Å². The molecule has 0 aromatic heterocycles. The zero-order valence-corrected chi connectivity index (χ0v) is 43.4. The molecule has 0 spiro atoms. The summed E-state index contributed by atoms with van der Waals surface area (Å²) in [5.74, 6) is -24.0. The fraction of sp³-hybridized carbons (Fsp3) is 0.315. The first-order valence-electron chi connectivity index (χ1n) is 22.7. The molecule has 6 aromatic rings. The predicted molar refractivity (Wildman–Crippen MR) is 255 cm³/mol. The summed E-state index contributed by atoms with van der Waals surface area (Å²) in [7, 11) is 0. The second kappa shape index (κ2) is 27.2. The minimum Gasteiger partial charge on any atom is -0.491 e. The summed E-state index contributed by atoms with van der Waals surface area (Å²) < 4.78 is 229. The maximum atomic E-state index is 14.3. The molecule has 0 amide bonds. The van der Waals surface area contributed by atoms with Crippen LogP contribution in [0.4, 0.5) is 65.9 Å². The topological polar surface area (TPSA) is 36.9 Å². The molecule has 402 valence electrons. The third kappa shape index (κ3) is 12.5. The predicted octanol–water partition coefficient (Wildman–Crippen LogP) is 14.5. The monoisotopic (exact) mass is 1130 g/mol. The van der Waals surface area contributed by atoms with Gasteiger partial charge in [-0.1, -0.05) is 47.5 Å². The first-order valence-corrected chi connectivity index (χ1v) is 24.3. The molecule has 0 N–H and O–H groups in total. The van der Waals surface area contributed by atoms with Crippen LogP contribution in [0.25, 0.3) is 33.4 Å². The molecule has 3 aliphatic rings. The number of rotatable bonds is 9. The number of unbranched alkanes of at least 4 members (excludes halogenated alkanes) is 1. The van der Waals surface area contributed by atoms with E-state index < -0.39 is 104 Å². The first kappa shape index (κ1) is 64.0. The van der Waals surface area contributed by atoms with Crippen molar-refractivity contribution in [3.8, 4) is 50.6 Å². The third-order valence-electron chi connectivity index (χ3n) is 11.0. The van der Waals surface area contributed by atoms with E-state index in [-0.39, 0.29) is 89.3 Å². The van der Waals surface area contributed by atoms with Crippen molar-refractivity contribution in [2.45, 2.75) is 72.2 Å². The summed E-state index contributed by atoms with van der Waals surface area (Å²) in [5, 5.41) is 0. The molecule has 4 nitrogen and oxygen atoms in total. The maximum absolute atomic E-state index is 14.3. The number of hydrogen-bond acceptors (Lipinski definition) is 4. The molecule has 0 atom stereocenters. The van der Waals surface area contributed by atoms with Gasteiger partial charge in [0.25, 0.3) is 0 Å². The molecule has 0 saturated heterocycles. The molecule has 0 heterocycles. The van der Waals surface area contributed by atoms with E-state index in [9.17, 15) is 65.9 Å². The minimum absolute atomic E-state index is 0. The zero-order valence-electron chi connectivity index (χ0n) is 41.8. The van der Waals surface area contributed by atoms with Gasteiger partial charge < -0.3 is 25.9 Å². The number of hydrogen-bond donors (Lipinski definition) is 0. The second-order valence-electron chi connectivity index (χ2n) is 15.4. The summed E-state index contributed by atoms with van der Waals surface area (Å²) in [4.78, 5) is 0. The number of fused-ring (bicyclic) bond motifs is 9. The summed E-state index contributed by atoms with van der Waals surface area (Å²) in [6, 6.07) is 12.6. The van der Waals surface area contributed by atoms with Gasteiger partial charge in [0.05, 0.1) is 53.2 Å². The van der Waals surface area contributed by atoms with Crippen molar-refractivity contribution < 1.29 is 104 Å². The smallest absolute Gasteiger partial charge is 0.491 e. The summed E-state index contributed by atoms with van der Waals surface area (Å²) in [5.41, 5.74) is -7.45. The number of alkyl halides is 7. The Kier molecular flexibility index (Phi) is 23.2. The molecule has 0 radical (unpaired) electrons. The van der Waals surface area contributed by atoms with Crippen LogP contribution >= 0.6 is 15.9 Å². The van der Waals surface area contributed by atoms with Gasteiger partial charge in [0.15, 0.2) is 69.6 Å². The average molecular weight is 1130 g/mol. The Morgan fingerprint density at radius 2 is 0.560 bits per heavy atom. The fourth-order valence-electron chi connectivity index (χ4n) is 7.89. The molecule has 0 unspecified atom stereocenters. The quantitative estimate of drug-likeness (QED) is 0.0626. The zero-order chi connectivity index (χ0) is 55.6. The van der Waals surface area contributed by atoms with Crippen molar-refractivity contribution >= 4 is 15.9 Å². The Hall–Kier alpha value is -5.29. The van der Waals surface area contributed by atoms with Gasteiger partial charge in [-0.15, -0.1) is 0 Å². The number of ether oxygens (including phenoxy) is 4.